The Hall–Kier alpha value is -0.120. The SMILES string of the molecule is CC[C@@H](O)CN1CCNC[C@@H]1C. The van der Waals surface area contributed by atoms with Crippen LogP contribution in [0.3, 0.4) is 0 Å². The molecule has 0 saturated carbocycles. The maximum Gasteiger partial charge on any atom is 0.0664 e. The van der Waals surface area contributed by atoms with Gasteiger partial charge in [0.1, 0.15) is 0 Å². The summed E-state index contributed by atoms with van der Waals surface area (Å²) in [6.45, 7) is 8.24. The molecule has 0 aromatic carbocycles. The standard InChI is InChI=1S/C9H20N2O/c1-3-9(12)7-11-5-4-10-6-8(11)2/h8-10,12H,3-7H2,1-2H3/t8-,9+/m0/s1. The van der Waals surface area contributed by atoms with Gasteiger partial charge in [0, 0.05) is 32.2 Å². The lowest BCUT2D eigenvalue weighted by Crippen LogP contribution is -2.51. The van der Waals surface area contributed by atoms with Gasteiger partial charge in [0.15, 0.2) is 0 Å². The third-order valence-corrected chi connectivity index (χ3v) is 2.56. The first kappa shape index (κ1) is 9.96. The Balaban J connectivity index is 2.28. The van der Waals surface area contributed by atoms with Gasteiger partial charge < -0.3 is 10.4 Å². The van der Waals surface area contributed by atoms with E-state index in [1.165, 1.54) is 0 Å². The summed E-state index contributed by atoms with van der Waals surface area (Å²) in [6, 6.07) is 0.569. The smallest absolute Gasteiger partial charge is 0.0664 e. The molecule has 0 spiro atoms. The molecule has 0 unspecified atom stereocenters. The van der Waals surface area contributed by atoms with Crippen molar-refractivity contribution in [3.63, 3.8) is 0 Å². The number of piperazine rings is 1. The molecule has 0 bridgehead atoms. The van der Waals surface area contributed by atoms with Crippen LogP contribution in [-0.2, 0) is 0 Å². The lowest BCUT2D eigenvalue weighted by Gasteiger charge is -2.34. The second kappa shape index (κ2) is 4.80. The largest absolute Gasteiger partial charge is 0.392 e. The molecule has 1 heterocycles. The predicted molar refractivity (Wildman–Crippen MR) is 50.2 cm³/mol. The van der Waals surface area contributed by atoms with E-state index in [1.807, 2.05) is 6.92 Å². The van der Waals surface area contributed by atoms with Gasteiger partial charge >= 0.3 is 0 Å². The molecule has 72 valence electrons. The number of nitrogens with one attached hydrogen (secondary N) is 1. The van der Waals surface area contributed by atoms with Crippen molar-refractivity contribution in [3.8, 4) is 0 Å². The number of hydrogen-bond donors (Lipinski definition) is 2. The van der Waals surface area contributed by atoms with Crippen molar-refractivity contribution in [3.05, 3.63) is 0 Å². The molecular weight excluding hydrogens is 152 g/mol. The van der Waals surface area contributed by atoms with Crippen LogP contribution in [0.4, 0.5) is 0 Å². The average Bonchev–Trinajstić information content (AvgIpc) is 2.09. The number of β-amino-alcohol motifs (C(OH)–C–C–N with tert-alkyl or cyclic N) is 1. The zero-order chi connectivity index (χ0) is 8.97. The van der Waals surface area contributed by atoms with Crippen molar-refractivity contribution in [2.45, 2.75) is 32.4 Å². The third-order valence-electron chi connectivity index (χ3n) is 2.56. The fraction of sp³-hybridized carbons (Fsp3) is 1.00. The summed E-state index contributed by atoms with van der Waals surface area (Å²) >= 11 is 0. The highest BCUT2D eigenvalue weighted by molar-refractivity contribution is 4.77. The van der Waals surface area contributed by atoms with Crippen LogP contribution >= 0.6 is 0 Å². The van der Waals surface area contributed by atoms with Crippen LogP contribution in [0, 0.1) is 0 Å². The first-order valence-electron chi connectivity index (χ1n) is 4.87. The van der Waals surface area contributed by atoms with E-state index in [9.17, 15) is 5.11 Å². The van der Waals surface area contributed by atoms with Gasteiger partial charge in [-0.15, -0.1) is 0 Å². The summed E-state index contributed by atoms with van der Waals surface area (Å²) in [5.74, 6) is 0. The Morgan fingerprint density at radius 1 is 1.67 bits per heavy atom. The molecule has 0 aromatic rings. The molecule has 2 N–H and O–H groups in total. The minimum atomic E-state index is -0.148. The fourth-order valence-corrected chi connectivity index (χ4v) is 1.55. The molecule has 0 aromatic heterocycles. The van der Waals surface area contributed by atoms with Crippen molar-refractivity contribution in [2.24, 2.45) is 0 Å². The second-order valence-corrected chi connectivity index (χ2v) is 3.61. The highest BCUT2D eigenvalue weighted by atomic mass is 16.3. The van der Waals surface area contributed by atoms with Crippen LogP contribution < -0.4 is 5.32 Å². The van der Waals surface area contributed by atoms with Crippen molar-refractivity contribution in [1.29, 1.82) is 0 Å². The summed E-state index contributed by atoms with van der Waals surface area (Å²) in [5.41, 5.74) is 0. The molecule has 2 atom stereocenters. The molecule has 1 saturated heterocycles. The van der Waals surface area contributed by atoms with Crippen molar-refractivity contribution < 1.29 is 5.11 Å². The van der Waals surface area contributed by atoms with Gasteiger partial charge in [-0.25, -0.2) is 0 Å². The van der Waals surface area contributed by atoms with Crippen LogP contribution in [0.1, 0.15) is 20.3 Å². The Labute approximate surface area is 74.8 Å². The number of rotatable bonds is 3. The van der Waals surface area contributed by atoms with Crippen molar-refractivity contribution >= 4 is 0 Å². The number of hydrogen-bond acceptors (Lipinski definition) is 3. The van der Waals surface area contributed by atoms with Gasteiger partial charge in [-0.05, 0) is 13.3 Å². The average molecular weight is 172 g/mol. The minimum Gasteiger partial charge on any atom is -0.392 e. The molecule has 1 rings (SSSR count). The van der Waals surface area contributed by atoms with Crippen LogP contribution in [0.15, 0.2) is 0 Å². The summed E-state index contributed by atoms with van der Waals surface area (Å²) in [5, 5.41) is 12.8. The third kappa shape index (κ3) is 2.73. The minimum absolute atomic E-state index is 0.148. The Bertz CT molecular complexity index is 130. The van der Waals surface area contributed by atoms with Crippen molar-refractivity contribution in [1.82, 2.24) is 10.2 Å². The van der Waals surface area contributed by atoms with Crippen LogP contribution in [-0.4, -0.2) is 48.3 Å². The molecule has 0 radical (unpaired) electrons. The fourth-order valence-electron chi connectivity index (χ4n) is 1.55. The van der Waals surface area contributed by atoms with Crippen LogP contribution in [0.5, 0.6) is 0 Å². The van der Waals surface area contributed by atoms with E-state index >= 15 is 0 Å². The second-order valence-electron chi connectivity index (χ2n) is 3.61. The number of aliphatic hydroxyl groups is 1. The zero-order valence-corrected chi connectivity index (χ0v) is 8.08. The van der Waals surface area contributed by atoms with Gasteiger partial charge in [-0.1, -0.05) is 6.92 Å². The summed E-state index contributed by atoms with van der Waals surface area (Å²) in [4.78, 5) is 2.35. The molecule has 3 nitrogen and oxygen atoms in total. The van der Waals surface area contributed by atoms with E-state index in [-0.39, 0.29) is 6.10 Å². The predicted octanol–water partition coefficient (Wildman–Crippen LogP) is 0.0510. The monoisotopic (exact) mass is 172 g/mol. The number of aliphatic hydroxyl groups excluding tert-OH is 1. The summed E-state index contributed by atoms with van der Waals surface area (Å²) < 4.78 is 0. The first-order chi connectivity index (χ1) is 5.74. The molecule has 0 aliphatic carbocycles. The van der Waals surface area contributed by atoms with Crippen LogP contribution in [0.25, 0.3) is 0 Å². The van der Waals surface area contributed by atoms with Gasteiger partial charge in [0.05, 0.1) is 6.10 Å². The van der Waals surface area contributed by atoms with Gasteiger partial charge in [-0.2, -0.15) is 0 Å². The molecular formula is C9H20N2O. The van der Waals surface area contributed by atoms with E-state index in [1.54, 1.807) is 0 Å². The molecule has 3 heteroatoms. The summed E-state index contributed by atoms with van der Waals surface area (Å²) in [6.07, 6.45) is 0.710. The first-order valence-corrected chi connectivity index (χ1v) is 4.87. The van der Waals surface area contributed by atoms with E-state index in [4.69, 9.17) is 0 Å². The zero-order valence-electron chi connectivity index (χ0n) is 8.08. The molecule has 1 aliphatic heterocycles. The Morgan fingerprint density at radius 3 is 3.00 bits per heavy atom. The molecule has 0 amide bonds. The quantitative estimate of drug-likeness (QED) is 0.631. The normalized spacial score (nSPS) is 28.8. The molecule has 1 fully saturated rings. The van der Waals surface area contributed by atoms with Gasteiger partial charge in [-0.3, -0.25) is 4.90 Å². The topological polar surface area (TPSA) is 35.5 Å². The van der Waals surface area contributed by atoms with E-state index < -0.39 is 0 Å². The highest BCUT2D eigenvalue weighted by Crippen LogP contribution is 2.04. The Kier molecular flexibility index (Phi) is 3.98. The van der Waals surface area contributed by atoms with Gasteiger partial charge in [0.2, 0.25) is 0 Å². The lowest BCUT2D eigenvalue weighted by molar-refractivity contribution is 0.0772. The van der Waals surface area contributed by atoms with E-state index in [0.717, 1.165) is 32.6 Å². The van der Waals surface area contributed by atoms with Gasteiger partial charge in [0.25, 0.3) is 0 Å². The maximum absolute atomic E-state index is 9.47. The number of nitrogens with zero attached hydrogens (tertiary/aromatic N) is 1. The highest BCUT2D eigenvalue weighted by Gasteiger charge is 2.19. The lowest BCUT2D eigenvalue weighted by atomic mass is 10.2. The molecule has 12 heavy (non-hydrogen) atoms. The molecule has 1 aliphatic rings. The van der Waals surface area contributed by atoms with E-state index in [2.05, 4.69) is 17.1 Å². The van der Waals surface area contributed by atoms with Crippen LogP contribution in [0.2, 0.25) is 0 Å². The summed E-state index contributed by atoms with van der Waals surface area (Å²) in [7, 11) is 0. The van der Waals surface area contributed by atoms with E-state index in [0.29, 0.717) is 6.04 Å². The Morgan fingerprint density at radius 2 is 2.42 bits per heavy atom. The van der Waals surface area contributed by atoms with Crippen molar-refractivity contribution in [2.75, 3.05) is 26.2 Å². The maximum atomic E-state index is 9.47.